The predicted molar refractivity (Wildman–Crippen MR) is 144 cm³/mol. The van der Waals surface area contributed by atoms with Crippen LogP contribution in [0.15, 0.2) is 48.0 Å². The highest BCUT2D eigenvalue weighted by Crippen LogP contribution is 2.29. The quantitative estimate of drug-likeness (QED) is 0.191. The SMILES string of the molecule is CC(C)C=C(C#N)C(=O)N1CCC[C@@H]1Cn1c(NC(=O)c2ccc(C(F)F)s2)nc2ccccc21.O=C(O)C(F)(F)F. The van der Waals surface area contributed by atoms with Crippen LogP contribution < -0.4 is 5.32 Å². The summed E-state index contributed by atoms with van der Waals surface area (Å²) >= 11 is 0.740. The molecule has 0 spiro atoms. The largest absolute Gasteiger partial charge is 0.490 e. The van der Waals surface area contributed by atoms with Gasteiger partial charge in [-0.15, -0.1) is 11.3 Å². The van der Waals surface area contributed by atoms with Crippen molar-refractivity contribution >= 4 is 46.1 Å². The number of hydrogen-bond acceptors (Lipinski definition) is 6. The molecule has 0 aliphatic carbocycles. The standard InChI is InChI=1S/C25H25F2N5O2S.C2HF3O2/c1-15(2)12-16(13-28)24(34)31-11-5-6-17(31)14-32-19-8-4-3-7-18(19)29-25(32)30-23(33)21-10-9-20(35-21)22(26)27;3-2(4,5)1(6)7/h3-4,7-10,12,15,17,22H,5-6,11,14H2,1-2H3,(H,29,30,33);(H,6,7)/t17-;/m1./s1. The molecule has 1 saturated heterocycles. The molecule has 4 rings (SSSR count). The first-order valence-electron chi connectivity index (χ1n) is 12.6. The van der Waals surface area contributed by atoms with Crippen molar-refractivity contribution in [3.05, 3.63) is 57.8 Å². The Balaban J connectivity index is 0.000000616. The summed E-state index contributed by atoms with van der Waals surface area (Å²) < 4.78 is 59.5. The van der Waals surface area contributed by atoms with Crippen LogP contribution in [0.4, 0.5) is 27.9 Å². The van der Waals surface area contributed by atoms with E-state index in [4.69, 9.17) is 9.90 Å². The fourth-order valence-corrected chi connectivity index (χ4v) is 5.02. The first kappa shape index (κ1) is 32.2. The molecule has 2 aromatic heterocycles. The van der Waals surface area contributed by atoms with E-state index in [9.17, 15) is 36.8 Å². The summed E-state index contributed by atoms with van der Waals surface area (Å²) in [7, 11) is 0. The topological polar surface area (TPSA) is 128 Å². The van der Waals surface area contributed by atoms with Gasteiger partial charge in [0.1, 0.15) is 11.6 Å². The van der Waals surface area contributed by atoms with Crippen LogP contribution in [0.1, 0.15) is 47.7 Å². The second-order valence-corrected chi connectivity index (χ2v) is 10.6. The maximum atomic E-state index is 13.1. The third-order valence-electron chi connectivity index (χ3n) is 6.07. The molecule has 1 aliphatic rings. The first-order valence-corrected chi connectivity index (χ1v) is 13.4. The number of benzene rings is 1. The molecule has 3 aromatic rings. The Morgan fingerprint density at radius 2 is 1.88 bits per heavy atom. The number of anilines is 1. The zero-order valence-electron chi connectivity index (χ0n) is 22.4. The van der Waals surface area contributed by atoms with Crippen molar-refractivity contribution in [1.82, 2.24) is 14.5 Å². The summed E-state index contributed by atoms with van der Waals surface area (Å²) in [6, 6.07) is 11.8. The Morgan fingerprint density at radius 1 is 1.21 bits per heavy atom. The number of nitriles is 1. The number of carboxylic acid groups (broad SMARTS) is 1. The number of rotatable bonds is 7. The van der Waals surface area contributed by atoms with Crippen LogP contribution in [0.2, 0.25) is 0 Å². The van der Waals surface area contributed by atoms with Crippen molar-refractivity contribution in [2.45, 2.75) is 51.9 Å². The Morgan fingerprint density at radius 3 is 2.45 bits per heavy atom. The zero-order valence-corrected chi connectivity index (χ0v) is 23.2. The molecule has 1 atom stereocenters. The minimum atomic E-state index is -5.08. The number of alkyl halides is 5. The van der Waals surface area contributed by atoms with Gasteiger partial charge in [0.15, 0.2) is 0 Å². The molecule has 15 heteroatoms. The molecule has 0 radical (unpaired) electrons. The molecule has 1 aromatic carbocycles. The number of hydrogen-bond donors (Lipinski definition) is 2. The van der Waals surface area contributed by atoms with E-state index in [2.05, 4.69) is 10.3 Å². The molecule has 0 saturated carbocycles. The molecule has 1 fully saturated rings. The van der Waals surface area contributed by atoms with Gasteiger partial charge >= 0.3 is 12.1 Å². The second kappa shape index (κ2) is 13.6. The van der Waals surface area contributed by atoms with Crippen molar-refractivity contribution < 1.29 is 41.4 Å². The number of aliphatic carboxylic acids is 1. The van der Waals surface area contributed by atoms with E-state index in [1.807, 2.05) is 48.7 Å². The van der Waals surface area contributed by atoms with Gasteiger partial charge in [-0.05, 0) is 43.0 Å². The van der Waals surface area contributed by atoms with Crippen LogP contribution in [0.5, 0.6) is 0 Å². The van der Waals surface area contributed by atoms with E-state index >= 15 is 0 Å². The van der Waals surface area contributed by atoms with Crippen molar-refractivity contribution in [3.8, 4) is 6.07 Å². The maximum absolute atomic E-state index is 13.1. The van der Waals surface area contributed by atoms with Gasteiger partial charge in [0.05, 0.1) is 26.8 Å². The Kier molecular flexibility index (Phi) is 10.4. The highest BCUT2D eigenvalue weighted by atomic mass is 32.1. The Hall–Kier alpha value is -4.32. The lowest BCUT2D eigenvalue weighted by atomic mass is 10.1. The van der Waals surface area contributed by atoms with Gasteiger partial charge in [-0.25, -0.2) is 18.6 Å². The highest BCUT2D eigenvalue weighted by molar-refractivity contribution is 7.14. The maximum Gasteiger partial charge on any atom is 0.490 e. The Labute approximate surface area is 240 Å². The highest BCUT2D eigenvalue weighted by Gasteiger charge is 2.38. The zero-order chi connectivity index (χ0) is 31.2. The van der Waals surface area contributed by atoms with Crippen molar-refractivity contribution in [3.63, 3.8) is 0 Å². The minimum absolute atomic E-state index is 0.0666. The second-order valence-electron chi connectivity index (χ2n) is 9.53. The third kappa shape index (κ3) is 7.90. The average Bonchev–Trinajstić information content (AvgIpc) is 3.66. The van der Waals surface area contributed by atoms with Crippen molar-refractivity contribution in [1.29, 1.82) is 5.26 Å². The number of para-hydroxylation sites is 2. The van der Waals surface area contributed by atoms with Gasteiger partial charge in [-0.1, -0.05) is 32.1 Å². The van der Waals surface area contributed by atoms with Crippen LogP contribution in [0.3, 0.4) is 0 Å². The van der Waals surface area contributed by atoms with Crippen LogP contribution in [-0.4, -0.2) is 56.1 Å². The molecule has 9 nitrogen and oxygen atoms in total. The average molecular weight is 612 g/mol. The molecule has 3 heterocycles. The van der Waals surface area contributed by atoms with Gasteiger partial charge in [0.25, 0.3) is 18.2 Å². The number of nitrogens with one attached hydrogen (secondary N) is 1. The van der Waals surface area contributed by atoms with Crippen LogP contribution in [0, 0.1) is 17.2 Å². The fraction of sp³-hybridized carbons (Fsp3) is 0.370. The van der Waals surface area contributed by atoms with Crippen molar-refractivity contribution in [2.75, 3.05) is 11.9 Å². The predicted octanol–water partition coefficient (Wildman–Crippen LogP) is 6.02. The molecule has 42 heavy (non-hydrogen) atoms. The van der Waals surface area contributed by atoms with Gasteiger partial charge in [-0.3, -0.25) is 14.9 Å². The molecule has 2 amide bonds. The van der Waals surface area contributed by atoms with E-state index in [-0.39, 0.29) is 39.1 Å². The molecule has 1 aliphatic heterocycles. The number of aromatic nitrogens is 2. The third-order valence-corrected chi connectivity index (χ3v) is 7.16. The molecule has 2 N–H and O–H groups in total. The fourth-order valence-electron chi connectivity index (χ4n) is 4.26. The van der Waals surface area contributed by atoms with Gasteiger partial charge in [0.2, 0.25) is 5.95 Å². The summed E-state index contributed by atoms with van der Waals surface area (Å²) in [6.45, 7) is 4.74. The number of carbonyl (C=O) groups is 3. The number of thiophene rings is 1. The summed E-state index contributed by atoms with van der Waals surface area (Å²) in [5, 5.41) is 19.4. The summed E-state index contributed by atoms with van der Waals surface area (Å²) in [5.41, 5.74) is 1.57. The molecular weight excluding hydrogens is 585 g/mol. The van der Waals surface area contributed by atoms with E-state index in [0.29, 0.717) is 18.6 Å². The van der Waals surface area contributed by atoms with E-state index < -0.39 is 24.5 Å². The first-order chi connectivity index (χ1) is 19.7. The number of amides is 2. The van der Waals surface area contributed by atoms with E-state index in [0.717, 1.165) is 29.7 Å². The number of nitrogens with zero attached hydrogens (tertiary/aromatic N) is 4. The number of likely N-dealkylation sites (tertiary alicyclic amines) is 1. The van der Waals surface area contributed by atoms with Gasteiger partial charge in [-0.2, -0.15) is 18.4 Å². The smallest absolute Gasteiger partial charge is 0.475 e. The number of fused-ring (bicyclic) bond motifs is 1. The summed E-state index contributed by atoms with van der Waals surface area (Å²) in [5.74, 6) is -3.23. The van der Waals surface area contributed by atoms with Crippen molar-refractivity contribution in [2.24, 2.45) is 5.92 Å². The monoisotopic (exact) mass is 611 g/mol. The van der Waals surface area contributed by atoms with Gasteiger partial charge < -0.3 is 14.6 Å². The lowest BCUT2D eigenvalue weighted by molar-refractivity contribution is -0.192. The van der Waals surface area contributed by atoms with E-state index in [1.165, 1.54) is 12.1 Å². The number of carboxylic acids is 1. The molecule has 0 bridgehead atoms. The van der Waals surface area contributed by atoms with Gasteiger partial charge in [0, 0.05) is 13.1 Å². The number of allylic oxidation sites excluding steroid dienone is 1. The summed E-state index contributed by atoms with van der Waals surface area (Å²) in [6.07, 6.45) is -4.50. The minimum Gasteiger partial charge on any atom is -0.475 e. The number of halogens is 5. The number of carbonyl (C=O) groups excluding carboxylic acids is 2. The Bertz CT molecular complexity index is 1520. The number of imidazole rings is 1. The molecule has 224 valence electrons. The molecule has 0 unspecified atom stereocenters. The molecular formula is C27H26F5N5O4S. The lowest BCUT2D eigenvalue weighted by Gasteiger charge is -2.26. The van der Waals surface area contributed by atoms with Crippen LogP contribution in [-0.2, 0) is 16.1 Å². The van der Waals surface area contributed by atoms with E-state index in [1.54, 1.807) is 11.0 Å². The van der Waals surface area contributed by atoms with Crippen LogP contribution in [0.25, 0.3) is 11.0 Å². The summed E-state index contributed by atoms with van der Waals surface area (Å²) in [4.78, 5) is 41.1. The normalized spacial score (nSPS) is 15.5. The van der Waals surface area contributed by atoms with Crippen LogP contribution >= 0.6 is 11.3 Å². The lowest BCUT2D eigenvalue weighted by Crippen LogP contribution is -2.39.